The molecule has 1 fully saturated rings. The summed E-state index contributed by atoms with van der Waals surface area (Å²) >= 11 is 1.33. The number of rotatable bonds is 10. The maximum Gasteiger partial charge on any atom is 0.338 e. The van der Waals surface area contributed by atoms with Crippen molar-refractivity contribution in [2.24, 2.45) is 0 Å². The Morgan fingerprint density at radius 2 is 1.32 bits per heavy atom. The molecule has 9 heteroatoms. The highest BCUT2D eigenvalue weighted by Gasteiger charge is 2.54. The second-order valence-electron chi connectivity index (χ2n) is 12.7. The summed E-state index contributed by atoms with van der Waals surface area (Å²) in [5, 5.41) is 13.7. The average molecular weight is 671 g/mol. The average Bonchev–Trinajstić information content (AvgIpc) is 3.06. The zero-order valence-corrected chi connectivity index (χ0v) is 29.2. The van der Waals surface area contributed by atoms with Gasteiger partial charge in [-0.05, 0) is 46.6 Å². The van der Waals surface area contributed by atoms with E-state index in [-0.39, 0.29) is 11.6 Å². The number of benzene rings is 4. The van der Waals surface area contributed by atoms with Gasteiger partial charge in [0.15, 0.2) is 12.2 Å². The molecule has 4 aromatic rings. The van der Waals surface area contributed by atoms with E-state index in [4.69, 9.17) is 18.6 Å². The molecule has 1 heterocycles. The molecule has 0 aliphatic carbocycles. The maximum absolute atomic E-state index is 13.3. The van der Waals surface area contributed by atoms with Crippen LogP contribution in [0.3, 0.4) is 0 Å². The van der Waals surface area contributed by atoms with E-state index in [9.17, 15) is 14.7 Å². The summed E-state index contributed by atoms with van der Waals surface area (Å²) in [6, 6.07) is 36.8. The Morgan fingerprint density at radius 1 is 0.787 bits per heavy atom. The summed E-state index contributed by atoms with van der Waals surface area (Å²) in [4.78, 5) is 26.6. The summed E-state index contributed by atoms with van der Waals surface area (Å²) < 4.78 is 25.5. The molecule has 0 saturated carbocycles. The number of esters is 2. The van der Waals surface area contributed by atoms with Gasteiger partial charge in [-0.15, -0.1) is 0 Å². The van der Waals surface area contributed by atoms with Crippen molar-refractivity contribution in [2.75, 3.05) is 6.61 Å². The van der Waals surface area contributed by atoms with Gasteiger partial charge in [0.1, 0.15) is 17.6 Å². The second kappa shape index (κ2) is 15.0. The summed E-state index contributed by atoms with van der Waals surface area (Å²) in [7, 11) is -3.01. The van der Waals surface area contributed by atoms with Crippen molar-refractivity contribution >= 4 is 42.4 Å². The van der Waals surface area contributed by atoms with E-state index in [1.54, 1.807) is 30.3 Å². The number of hydrogen-bond acceptors (Lipinski definition) is 8. The second-order valence-corrected chi connectivity index (χ2v) is 18.2. The lowest BCUT2D eigenvalue weighted by molar-refractivity contribution is -0.219. The SMILES string of the molecule is CC(=O)O[C@@H]1[C@H](O)[C@@H](OC(=O)c2ccccc2)[C@H](Sc2ccc(C)cc2)O[C@@H]1CO[Si](c1ccccc1)(c1ccccc1)C(C)(C)C. The molecule has 0 bridgehead atoms. The molecule has 47 heavy (non-hydrogen) atoms. The van der Waals surface area contributed by atoms with E-state index in [1.165, 1.54) is 18.7 Å². The highest BCUT2D eigenvalue weighted by atomic mass is 32.2. The summed E-state index contributed by atoms with van der Waals surface area (Å²) in [6.07, 6.45) is -4.57. The first-order chi connectivity index (χ1) is 22.5. The standard InChI is InChI=1S/C38H42O7SSi/c1-26-21-23-29(24-22-26)46-37-35(45-36(41)28-15-9-6-10-16-28)33(40)34(43-27(2)39)32(44-37)25-42-47(38(3,4)5,30-17-11-7-12-18-30)31-19-13-8-14-20-31/h6-24,32-35,37,40H,25H2,1-5H3/t32-,33+,34+,35-,37+/m1/s1. The molecule has 1 aliphatic rings. The third kappa shape index (κ3) is 7.88. The van der Waals surface area contributed by atoms with Gasteiger partial charge >= 0.3 is 11.9 Å². The zero-order valence-electron chi connectivity index (χ0n) is 27.4. The van der Waals surface area contributed by atoms with Crippen molar-refractivity contribution in [3.63, 3.8) is 0 Å². The molecule has 0 amide bonds. The van der Waals surface area contributed by atoms with Crippen LogP contribution in [0.5, 0.6) is 0 Å². The summed E-state index contributed by atoms with van der Waals surface area (Å²) in [5.41, 5.74) is 0.595. The van der Waals surface area contributed by atoms with Gasteiger partial charge in [0, 0.05) is 11.8 Å². The Morgan fingerprint density at radius 3 is 1.83 bits per heavy atom. The largest absolute Gasteiger partial charge is 0.457 e. The smallest absolute Gasteiger partial charge is 0.338 e. The maximum atomic E-state index is 13.3. The van der Waals surface area contributed by atoms with Crippen LogP contribution in [0.25, 0.3) is 0 Å². The third-order valence-electron chi connectivity index (χ3n) is 8.33. The third-order valence-corrected chi connectivity index (χ3v) is 14.5. The molecule has 0 spiro atoms. The van der Waals surface area contributed by atoms with Gasteiger partial charge in [0.25, 0.3) is 8.32 Å². The lowest BCUT2D eigenvalue weighted by Gasteiger charge is -2.46. The molecule has 1 saturated heterocycles. The lowest BCUT2D eigenvalue weighted by atomic mass is 9.99. The molecule has 7 nitrogen and oxygen atoms in total. The van der Waals surface area contributed by atoms with Crippen LogP contribution in [0, 0.1) is 6.92 Å². The number of carbonyl (C=O) groups excluding carboxylic acids is 2. The van der Waals surface area contributed by atoms with Crippen LogP contribution >= 0.6 is 11.8 Å². The molecule has 1 aliphatic heterocycles. The monoisotopic (exact) mass is 670 g/mol. The Balaban J connectivity index is 1.53. The molecule has 5 atom stereocenters. The summed E-state index contributed by atoms with van der Waals surface area (Å²) in [6.45, 7) is 9.83. The van der Waals surface area contributed by atoms with Gasteiger partial charge in [0.2, 0.25) is 0 Å². The van der Waals surface area contributed by atoms with Gasteiger partial charge in [-0.25, -0.2) is 4.79 Å². The van der Waals surface area contributed by atoms with Crippen molar-refractivity contribution in [3.8, 4) is 0 Å². The molecule has 4 aromatic carbocycles. The molecule has 0 radical (unpaired) electrons. The van der Waals surface area contributed by atoms with E-state index < -0.39 is 50.1 Å². The van der Waals surface area contributed by atoms with Crippen molar-refractivity contribution in [1.29, 1.82) is 0 Å². The van der Waals surface area contributed by atoms with Crippen LogP contribution in [0.15, 0.2) is 120 Å². The minimum absolute atomic E-state index is 0.0204. The zero-order chi connectivity index (χ0) is 33.6. The number of carbonyl (C=O) groups is 2. The molecule has 1 N–H and O–H groups in total. The molecule has 0 aromatic heterocycles. The summed E-state index contributed by atoms with van der Waals surface area (Å²) in [5.74, 6) is -1.21. The Bertz CT molecular complexity index is 1570. The molecule has 5 rings (SSSR count). The number of ether oxygens (including phenoxy) is 3. The van der Waals surface area contributed by atoms with Gasteiger partial charge in [-0.3, -0.25) is 4.79 Å². The first kappa shape index (κ1) is 34.6. The molecule has 246 valence electrons. The minimum atomic E-state index is -3.01. The van der Waals surface area contributed by atoms with E-state index >= 15 is 0 Å². The number of aryl methyl sites for hydroxylation is 1. The van der Waals surface area contributed by atoms with Crippen molar-refractivity contribution in [1.82, 2.24) is 0 Å². The predicted octanol–water partition coefficient (Wildman–Crippen LogP) is 5.91. The van der Waals surface area contributed by atoms with Crippen molar-refractivity contribution in [2.45, 2.75) is 74.4 Å². The minimum Gasteiger partial charge on any atom is -0.457 e. The van der Waals surface area contributed by atoms with Gasteiger partial charge in [-0.1, -0.05) is 129 Å². The fourth-order valence-electron chi connectivity index (χ4n) is 6.07. The van der Waals surface area contributed by atoms with Crippen LogP contribution in [0.1, 0.15) is 43.6 Å². The first-order valence-corrected chi connectivity index (χ1v) is 18.5. The normalized spacial score (nSPS) is 21.5. The quantitative estimate of drug-likeness (QED) is 0.165. The van der Waals surface area contributed by atoms with E-state index in [2.05, 4.69) is 45.0 Å². The van der Waals surface area contributed by atoms with Crippen LogP contribution in [-0.4, -0.2) is 61.8 Å². The van der Waals surface area contributed by atoms with Gasteiger partial charge in [0.05, 0.1) is 12.2 Å². The number of thioether (sulfide) groups is 1. The van der Waals surface area contributed by atoms with E-state index in [1.807, 2.05) is 67.6 Å². The Hall–Kier alpha value is -3.73. The van der Waals surface area contributed by atoms with E-state index in [0.717, 1.165) is 20.8 Å². The molecular weight excluding hydrogens is 629 g/mol. The van der Waals surface area contributed by atoms with E-state index in [0.29, 0.717) is 5.56 Å². The molecule has 0 unspecified atom stereocenters. The fraction of sp³-hybridized carbons (Fsp3) is 0.316. The lowest BCUT2D eigenvalue weighted by Crippen LogP contribution is -2.68. The van der Waals surface area contributed by atoms with Crippen LogP contribution in [-0.2, 0) is 23.4 Å². The number of hydrogen-bond donors (Lipinski definition) is 1. The number of aliphatic hydroxyl groups is 1. The van der Waals surface area contributed by atoms with Gasteiger partial charge in [-0.2, -0.15) is 0 Å². The van der Waals surface area contributed by atoms with Gasteiger partial charge < -0.3 is 23.7 Å². The Kier molecular flexibility index (Phi) is 11.0. The molecular formula is C38H42O7SSi. The predicted molar refractivity (Wildman–Crippen MR) is 186 cm³/mol. The fourth-order valence-corrected chi connectivity index (χ4v) is 11.8. The van der Waals surface area contributed by atoms with Crippen LogP contribution in [0.2, 0.25) is 5.04 Å². The van der Waals surface area contributed by atoms with Crippen molar-refractivity contribution in [3.05, 3.63) is 126 Å². The highest BCUT2D eigenvalue weighted by Crippen LogP contribution is 2.40. The first-order valence-electron chi connectivity index (χ1n) is 15.7. The Labute approximate surface area is 282 Å². The van der Waals surface area contributed by atoms with Crippen molar-refractivity contribution < 1.29 is 33.3 Å². The van der Waals surface area contributed by atoms with Crippen LogP contribution in [0.4, 0.5) is 0 Å². The number of aliphatic hydroxyl groups excluding tert-OH is 1. The highest BCUT2D eigenvalue weighted by molar-refractivity contribution is 7.99. The van der Waals surface area contributed by atoms with Crippen LogP contribution < -0.4 is 10.4 Å². The topological polar surface area (TPSA) is 91.3 Å².